The number of carboxylic acids is 1. The molecule has 122 valence electrons. The zero-order chi connectivity index (χ0) is 17.2. The summed E-state index contributed by atoms with van der Waals surface area (Å²) in [5.41, 5.74) is 5.12. The van der Waals surface area contributed by atoms with Crippen LogP contribution in [0.5, 0.6) is 0 Å². The van der Waals surface area contributed by atoms with E-state index in [4.69, 9.17) is 10.9 Å². The molecule has 0 bridgehead atoms. The lowest BCUT2D eigenvalue weighted by atomic mass is 10.1. The highest BCUT2D eigenvalue weighted by Gasteiger charge is 2.22. The number of carbonyl (C=O) groups is 2. The second kappa shape index (κ2) is 6.16. The van der Waals surface area contributed by atoms with Gasteiger partial charge < -0.3 is 16.2 Å². The minimum absolute atomic E-state index is 0.121. The van der Waals surface area contributed by atoms with E-state index in [-0.39, 0.29) is 17.9 Å². The minimum atomic E-state index is -4.25. The van der Waals surface area contributed by atoms with Gasteiger partial charge >= 0.3 is 16.2 Å². The predicted molar refractivity (Wildman–Crippen MR) is 80.8 cm³/mol. The lowest BCUT2D eigenvalue weighted by molar-refractivity contribution is -0.114. The number of carbonyl (C=O) groups excluding carboxylic acids is 1. The summed E-state index contributed by atoms with van der Waals surface area (Å²) in [5.74, 6) is -1.66. The van der Waals surface area contributed by atoms with Gasteiger partial charge in [0.1, 0.15) is 5.82 Å². The lowest BCUT2D eigenvalue weighted by Crippen LogP contribution is -2.24. The fourth-order valence-corrected chi connectivity index (χ4v) is 2.55. The van der Waals surface area contributed by atoms with Gasteiger partial charge in [-0.05, 0) is 18.2 Å². The van der Waals surface area contributed by atoms with E-state index in [9.17, 15) is 23.1 Å². The first-order valence-electron chi connectivity index (χ1n) is 6.18. The molecule has 0 radical (unpaired) electrons. The molecule has 0 atom stereocenters. The van der Waals surface area contributed by atoms with Crippen LogP contribution in [0.1, 0.15) is 10.5 Å². The molecular formula is C12H13N5O5S. The summed E-state index contributed by atoms with van der Waals surface area (Å²) in [4.78, 5) is 26.4. The van der Waals surface area contributed by atoms with Crippen molar-refractivity contribution in [3.63, 3.8) is 0 Å². The number of aromatic nitrogens is 2. The van der Waals surface area contributed by atoms with E-state index in [2.05, 4.69) is 10.3 Å². The van der Waals surface area contributed by atoms with Crippen LogP contribution in [0.4, 0.5) is 5.82 Å². The molecule has 2 heterocycles. The van der Waals surface area contributed by atoms with Gasteiger partial charge in [0, 0.05) is 23.5 Å². The maximum Gasteiger partial charge on any atom is 0.354 e. The molecule has 2 aromatic heterocycles. The average molecular weight is 339 g/mol. The van der Waals surface area contributed by atoms with Crippen LogP contribution in [0.15, 0.2) is 30.6 Å². The largest absolute Gasteiger partial charge is 0.477 e. The number of anilines is 1. The summed E-state index contributed by atoms with van der Waals surface area (Å²) in [5, 5.41) is 16.6. The van der Waals surface area contributed by atoms with Crippen molar-refractivity contribution in [1.29, 1.82) is 0 Å². The van der Waals surface area contributed by atoms with Crippen molar-refractivity contribution in [2.24, 2.45) is 10.9 Å². The van der Waals surface area contributed by atoms with Gasteiger partial charge in [-0.2, -0.15) is 8.42 Å². The molecule has 0 aliphatic heterocycles. The number of hydrogen-bond donors (Lipinski definition) is 4. The number of pyridine rings is 1. The fourth-order valence-electron chi connectivity index (χ4n) is 1.89. The van der Waals surface area contributed by atoms with Crippen LogP contribution in [0, 0.1) is 0 Å². The molecule has 11 heteroatoms. The van der Waals surface area contributed by atoms with Gasteiger partial charge in [-0.25, -0.2) is 18.9 Å². The molecule has 6 N–H and O–H groups in total. The zero-order valence-corrected chi connectivity index (χ0v) is 12.4. The molecule has 0 saturated carbocycles. The van der Waals surface area contributed by atoms with Crippen molar-refractivity contribution in [3.8, 4) is 11.1 Å². The number of nitrogens with one attached hydrogen (secondary N) is 1. The molecule has 10 nitrogen and oxygen atoms in total. The van der Waals surface area contributed by atoms with Crippen LogP contribution in [-0.2, 0) is 15.0 Å². The third kappa shape index (κ3) is 3.53. The summed E-state index contributed by atoms with van der Waals surface area (Å²) < 4.78 is 23.3. The van der Waals surface area contributed by atoms with Gasteiger partial charge in [-0.3, -0.25) is 4.79 Å². The van der Waals surface area contributed by atoms with Crippen molar-refractivity contribution < 1.29 is 23.1 Å². The first-order chi connectivity index (χ1) is 10.7. The SMILES string of the molecule is NCC(=O)Nc1ccc(-c2ccn(S(N)(=O)=O)c2C(=O)O)cn1. The van der Waals surface area contributed by atoms with Crippen LogP contribution in [0.2, 0.25) is 0 Å². The highest BCUT2D eigenvalue weighted by atomic mass is 32.2. The van der Waals surface area contributed by atoms with Crippen LogP contribution in [0.25, 0.3) is 11.1 Å². The third-order valence-electron chi connectivity index (χ3n) is 2.86. The topological polar surface area (TPSA) is 170 Å². The smallest absolute Gasteiger partial charge is 0.354 e. The number of nitrogens with two attached hydrogens (primary N) is 2. The van der Waals surface area contributed by atoms with Crippen molar-refractivity contribution in [2.45, 2.75) is 0 Å². The molecule has 2 rings (SSSR count). The highest BCUT2D eigenvalue weighted by molar-refractivity contribution is 7.87. The number of rotatable bonds is 5. The van der Waals surface area contributed by atoms with Gasteiger partial charge in [-0.1, -0.05) is 0 Å². The van der Waals surface area contributed by atoms with Crippen LogP contribution in [0.3, 0.4) is 0 Å². The number of amides is 1. The van der Waals surface area contributed by atoms with Crippen molar-refractivity contribution in [3.05, 3.63) is 36.3 Å². The Morgan fingerprint density at radius 2 is 2.00 bits per heavy atom. The Kier molecular flexibility index (Phi) is 4.45. The van der Waals surface area contributed by atoms with E-state index in [1.807, 2.05) is 0 Å². The molecule has 0 fully saturated rings. The molecule has 1 amide bonds. The predicted octanol–water partition coefficient (Wildman–Crippen LogP) is -0.803. The Morgan fingerprint density at radius 3 is 2.48 bits per heavy atom. The Hall–Kier alpha value is -2.76. The summed E-state index contributed by atoms with van der Waals surface area (Å²) in [6.07, 6.45) is 2.33. The molecule has 23 heavy (non-hydrogen) atoms. The fraction of sp³-hybridized carbons (Fsp3) is 0.0833. The van der Waals surface area contributed by atoms with Crippen LogP contribution < -0.4 is 16.2 Å². The summed E-state index contributed by atoms with van der Waals surface area (Å²) >= 11 is 0. The Morgan fingerprint density at radius 1 is 1.30 bits per heavy atom. The van der Waals surface area contributed by atoms with Gasteiger partial charge in [0.15, 0.2) is 5.69 Å². The molecule has 0 aromatic carbocycles. The van der Waals surface area contributed by atoms with E-state index in [0.717, 1.165) is 6.20 Å². The molecule has 0 saturated heterocycles. The summed E-state index contributed by atoms with van der Waals surface area (Å²) in [7, 11) is -4.25. The number of aromatic carboxylic acids is 1. The summed E-state index contributed by atoms with van der Waals surface area (Å²) in [6.45, 7) is -0.205. The molecular weight excluding hydrogens is 326 g/mol. The normalized spacial score (nSPS) is 11.2. The second-order valence-electron chi connectivity index (χ2n) is 4.41. The van der Waals surface area contributed by atoms with E-state index < -0.39 is 27.8 Å². The number of carboxylic acid groups (broad SMARTS) is 1. The number of nitrogens with zero attached hydrogens (tertiary/aromatic N) is 2. The van der Waals surface area contributed by atoms with Crippen LogP contribution >= 0.6 is 0 Å². The van der Waals surface area contributed by atoms with Crippen LogP contribution in [-0.4, -0.2) is 40.9 Å². The van der Waals surface area contributed by atoms with E-state index in [1.165, 1.54) is 24.4 Å². The molecule has 2 aromatic rings. The monoisotopic (exact) mass is 339 g/mol. The van der Waals surface area contributed by atoms with Gasteiger partial charge in [0.2, 0.25) is 5.91 Å². The first kappa shape index (κ1) is 16.6. The van der Waals surface area contributed by atoms with Gasteiger partial charge in [-0.15, -0.1) is 0 Å². The highest BCUT2D eigenvalue weighted by Crippen LogP contribution is 2.26. The minimum Gasteiger partial charge on any atom is -0.477 e. The van der Waals surface area contributed by atoms with Crippen molar-refractivity contribution in [2.75, 3.05) is 11.9 Å². The Bertz CT molecular complexity index is 856. The van der Waals surface area contributed by atoms with E-state index in [0.29, 0.717) is 9.54 Å². The van der Waals surface area contributed by atoms with Crippen molar-refractivity contribution in [1.82, 2.24) is 8.96 Å². The molecule has 0 unspecified atom stereocenters. The third-order valence-corrected chi connectivity index (χ3v) is 3.71. The van der Waals surface area contributed by atoms with Gasteiger partial charge in [0.25, 0.3) is 0 Å². The molecule has 0 spiro atoms. The Balaban J connectivity index is 2.45. The standard InChI is InChI=1S/C12H13N5O5S/c13-5-10(18)16-9-2-1-7(6-15-9)8-3-4-17(23(14,21)22)11(8)12(19)20/h1-4,6H,5,13H2,(H,19,20)(H2,14,21,22)(H,15,16,18). The Labute approximate surface area is 130 Å². The number of hydrogen-bond acceptors (Lipinski definition) is 6. The quantitative estimate of drug-likeness (QED) is 0.552. The maximum absolute atomic E-state index is 11.4. The molecule has 0 aliphatic carbocycles. The molecule has 0 aliphatic rings. The van der Waals surface area contributed by atoms with Crippen molar-refractivity contribution >= 4 is 27.9 Å². The van der Waals surface area contributed by atoms with Gasteiger partial charge in [0.05, 0.1) is 6.54 Å². The lowest BCUT2D eigenvalue weighted by Gasteiger charge is -2.06. The second-order valence-corrected chi connectivity index (χ2v) is 5.83. The zero-order valence-electron chi connectivity index (χ0n) is 11.6. The maximum atomic E-state index is 11.4. The summed E-state index contributed by atoms with van der Waals surface area (Å²) in [6, 6.07) is 4.21. The van der Waals surface area contributed by atoms with E-state index in [1.54, 1.807) is 0 Å². The van der Waals surface area contributed by atoms with E-state index >= 15 is 0 Å². The average Bonchev–Trinajstić information content (AvgIpc) is 2.93. The first-order valence-corrected chi connectivity index (χ1v) is 7.68.